The summed E-state index contributed by atoms with van der Waals surface area (Å²) in [6.45, 7) is 6.71. The maximum atomic E-state index is 14.5. The number of esters is 1. The van der Waals surface area contributed by atoms with Crippen molar-refractivity contribution < 1.29 is 52.5 Å². The molecule has 3 aliphatic rings. The molecule has 0 saturated carbocycles. The highest BCUT2D eigenvalue weighted by molar-refractivity contribution is 6.11. The molecule has 1 unspecified atom stereocenters. The van der Waals surface area contributed by atoms with Crippen LogP contribution in [0.4, 0.5) is 10.5 Å². The van der Waals surface area contributed by atoms with Crippen LogP contribution in [0, 0.1) is 5.92 Å². The Morgan fingerprint density at radius 1 is 1.03 bits per heavy atom. The molecule has 2 heterocycles. The van der Waals surface area contributed by atoms with Gasteiger partial charge in [-0.15, -0.1) is 0 Å². The Hall–Kier alpha value is -6.46. The van der Waals surface area contributed by atoms with E-state index >= 15 is 0 Å². The molecule has 2 aliphatic carbocycles. The van der Waals surface area contributed by atoms with Crippen molar-refractivity contribution in [1.82, 2.24) is 15.2 Å². The minimum atomic E-state index is -1.98. The zero-order chi connectivity index (χ0) is 46.8. The number of unbranched alkanes of at least 4 members (excludes halogenated alkanes) is 1. The van der Waals surface area contributed by atoms with Gasteiger partial charge < -0.3 is 45.9 Å². The summed E-state index contributed by atoms with van der Waals surface area (Å²) in [5.74, 6) is -3.42. The number of pyridine rings is 1. The predicted molar refractivity (Wildman–Crippen MR) is 240 cm³/mol. The molecule has 1 aromatic heterocycles. The summed E-state index contributed by atoms with van der Waals surface area (Å²) in [6.07, 6.45) is 4.57. The molecule has 65 heavy (non-hydrogen) atoms. The molecular formula is C48H58N6O11. The Balaban J connectivity index is 1.20. The molecule has 17 nitrogen and oxygen atoms in total. The van der Waals surface area contributed by atoms with Crippen molar-refractivity contribution in [3.05, 3.63) is 88.1 Å². The smallest absolute Gasteiger partial charge is 0.457 e. The van der Waals surface area contributed by atoms with Gasteiger partial charge in [0, 0.05) is 47.6 Å². The summed E-state index contributed by atoms with van der Waals surface area (Å²) >= 11 is 0. The van der Waals surface area contributed by atoms with Crippen LogP contribution in [-0.2, 0) is 67.2 Å². The van der Waals surface area contributed by atoms with E-state index < -0.39 is 60.6 Å². The number of hydrogen-bond acceptors (Lipinski definition) is 13. The van der Waals surface area contributed by atoms with Gasteiger partial charge in [-0.1, -0.05) is 37.3 Å². The van der Waals surface area contributed by atoms with Crippen LogP contribution in [-0.4, -0.2) is 102 Å². The first-order valence-electron chi connectivity index (χ1n) is 22.1. The van der Waals surface area contributed by atoms with Crippen molar-refractivity contribution in [2.24, 2.45) is 17.4 Å². The highest BCUT2D eigenvalue weighted by Gasteiger charge is 2.53. The van der Waals surface area contributed by atoms with Crippen molar-refractivity contribution in [3.8, 4) is 0 Å². The fraction of sp³-hybridized carbons (Fsp3) is 0.458. The lowest BCUT2D eigenvalue weighted by molar-refractivity contribution is -0.166. The molecular weight excluding hydrogens is 837 g/mol. The molecule has 0 radical (unpaired) electrons. The number of nitrogens with two attached hydrogens (primary N) is 2. The maximum Gasteiger partial charge on any atom is 0.510 e. The number of primary amides is 1. The second-order valence-electron chi connectivity index (χ2n) is 16.7. The number of anilines is 1. The highest BCUT2D eigenvalue weighted by Crippen LogP contribution is 2.47. The topological polar surface area (TPSA) is 249 Å². The van der Waals surface area contributed by atoms with E-state index in [1.807, 2.05) is 43.0 Å². The molecule has 0 bridgehead atoms. The van der Waals surface area contributed by atoms with Crippen LogP contribution in [0.15, 0.2) is 65.8 Å². The molecule has 17 heteroatoms. The maximum absolute atomic E-state index is 14.5. The Bertz CT molecular complexity index is 2390. The molecule has 3 aromatic rings. The third kappa shape index (κ3) is 11.1. The molecule has 3 atom stereocenters. The Morgan fingerprint density at radius 2 is 1.78 bits per heavy atom. The van der Waals surface area contributed by atoms with Crippen molar-refractivity contribution in [2.75, 3.05) is 38.2 Å². The van der Waals surface area contributed by atoms with Crippen molar-refractivity contribution in [3.63, 3.8) is 0 Å². The summed E-state index contributed by atoms with van der Waals surface area (Å²) in [5, 5.41) is 6.35. The second-order valence-corrected chi connectivity index (χ2v) is 16.7. The average molecular weight is 895 g/mol. The van der Waals surface area contributed by atoms with Gasteiger partial charge in [0.2, 0.25) is 29.2 Å². The second kappa shape index (κ2) is 21.5. The number of benzene rings is 2. The van der Waals surface area contributed by atoms with Crippen LogP contribution in [0.1, 0.15) is 88.6 Å². The number of carbonyl (C=O) groups is 7. The largest absolute Gasteiger partial charge is 0.510 e. The number of amides is 4. The fourth-order valence-corrected chi connectivity index (χ4v) is 8.80. The molecule has 1 aliphatic heterocycles. The summed E-state index contributed by atoms with van der Waals surface area (Å²) in [5.41, 5.74) is 14.2. The number of hydrogen-bond donors (Lipinski definition) is 4. The summed E-state index contributed by atoms with van der Waals surface area (Å²) in [6, 6.07) is 13.3. The number of nitrogens with one attached hydrogen (secondary N) is 2. The zero-order valence-electron chi connectivity index (χ0n) is 37.4. The molecule has 0 spiro atoms. The number of nitrogens with zero attached hydrogens (tertiary/aromatic N) is 2. The van der Waals surface area contributed by atoms with Gasteiger partial charge in [0.1, 0.15) is 32.5 Å². The van der Waals surface area contributed by atoms with Gasteiger partial charge in [0.05, 0.1) is 11.2 Å². The van der Waals surface area contributed by atoms with E-state index in [0.717, 1.165) is 22.0 Å². The first-order valence-corrected chi connectivity index (χ1v) is 22.1. The number of para-hydroxylation sites is 1. The Labute approximate surface area is 377 Å². The van der Waals surface area contributed by atoms with E-state index in [9.17, 15) is 33.6 Å². The number of rotatable bonds is 19. The first-order chi connectivity index (χ1) is 31.2. The first kappa shape index (κ1) is 48.0. The summed E-state index contributed by atoms with van der Waals surface area (Å²) < 4.78 is 22.0. The van der Waals surface area contributed by atoms with Crippen molar-refractivity contribution in [1.29, 1.82) is 0 Å². The normalized spacial score (nSPS) is 18.3. The molecule has 2 aromatic carbocycles. The van der Waals surface area contributed by atoms with E-state index in [1.165, 1.54) is 0 Å². The summed E-state index contributed by atoms with van der Waals surface area (Å²) in [7, 11) is 0. The minimum Gasteiger partial charge on any atom is -0.457 e. The van der Waals surface area contributed by atoms with Crippen LogP contribution in [0.2, 0.25) is 0 Å². The number of ketones is 1. The lowest BCUT2D eigenvalue weighted by atomic mass is 9.73. The molecule has 4 amide bonds. The van der Waals surface area contributed by atoms with E-state index in [-0.39, 0.29) is 48.5 Å². The van der Waals surface area contributed by atoms with E-state index in [4.69, 9.17) is 35.4 Å². The summed E-state index contributed by atoms with van der Waals surface area (Å²) in [4.78, 5) is 97.9. The van der Waals surface area contributed by atoms with Crippen molar-refractivity contribution in [2.45, 2.75) is 103 Å². The molecule has 0 fully saturated rings. The fourth-order valence-electron chi connectivity index (χ4n) is 8.80. The molecule has 6 rings (SSSR count). The van der Waals surface area contributed by atoms with E-state index in [1.54, 1.807) is 44.2 Å². The van der Waals surface area contributed by atoms with Crippen LogP contribution < -0.4 is 22.1 Å². The number of cyclic esters (lactones) is 1. The van der Waals surface area contributed by atoms with Crippen LogP contribution in [0.3, 0.4) is 0 Å². The SMILES string of the molecule is CC[C@@]1(OC(=O)OCc2ccc(NC(=O)[C@H](CCCCN)NC(=O)COCC(N)=O)cc2)C(=O)OCC2=C1C=C1c3nc4ccccc4c(CCN(C(C)=O)C(C)C)c3CCCC1C2=O. The average Bonchev–Trinajstić information content (AvgIpc) is 3.45. The van der Waals surface area contributed by atoms with Gasteiger partial charge in [-0.3, -0.25) is 24.0 Å². The zero-order valence-corrected chi connectivity index (χ0v) is 37.4. The standard InChI is InChI=1S/C48H58N6O11/c1-5-48(65-47(61)64-24-30-16-18-31(19-17-30)51-45(59)40(15-8-9-21-49)52-42(57)27-62-26-41(50)56)38-23-36-35(44(58)37(38)25-63-46(48)60)13-10-12-34-32(20-22-54(28(2)3)29(4)55)33-11-6-7-14-39(33)53-43(34)36/h6-7,11,14,16-19,23,28,35,40H,5,8-10,12-13,15,20-22,24-27,49H2,1-4H3,(H2,50,56)(H,51,59)(H,52,57)/t35?,40-,48-/m0/s1. The van der Waals surface area contributed by atoms with Crippen LogP contribution >= 0.6 is 0 Å². The molecule has 346 valence electrons. The van der Waals surface area contributed by atoms with Gasteiger partial charge >= 0.3 is 12.1 Å². The Morgan fingerprint density at radius 3 is 2.48 bits per heavy atom. The molecule has 6 N–H and O–H groups in total. The van der Waals surface area contributed by atoms with Gasteiger partial charge in [-0.05, 0) is 118 Å². The third-order valence-corrected chi connectivity index (χ3v) is 12.1. The van der Waals surface area contributed by atoms with E-state index in [0.29, 0.717) is 80.6 Å². The number of fused-ring (bicyclic) bond motifs is 4. The van der Waals surface area contributed by atoms with Crippen molar-refractivity contribution >= 4 is 63.7 Å². The lowest BCUT2D eigenvalue weighted by Gasteiger charge is -2.39. The number of allylic oxidation sites excluding steroid dienone is 1. The van der Waals surface area contributed by atoms with Gasteiger partial charge in [0.25, 0.3) is 0 Å². The van der Waals surface area contributed by atoms with Gasteiger partial charge in [-0.2, -0.15) is 0 Å². The minimum absolute atomic E-state index is 0.0106. The number of aromatic nitrogens is 1. The quantitative estimate of drug-likeness (QED) is 0.0966. The number of carbonyl (C=O) groups excluding carboxylic acids is 7. The monoisotopic (exact) mass is 894 g/mol. The lowest BCUT2D eigenvalue weighted by Crippen LogP contribution is -2.51. The number of Topliss-reactive ketones (excluding diaryl/α,β-unsaturated/α-hetero) is 1. The van der Waals surface area contributed by atoms with Gasteiger partial charge in [0.15, 0.2) is 5.78 Å². The van der Waals surface area contributed by atoms with Crippen LogP contribution in [0.25, 0.3) is 16.5 Å². The molecule has 0 saturated heterocycles. The van der Waals surface area contributed by atoms with Crippen LogP contribution in [0.5, 0.6) is 0 Å². The number of ether oxygens (including phenoxy) is 4. The van der Waals surface area contributed by atoms with Gasteiger partial charge in [-0.25, -0.2) is 14.6 Å². The Kier molecular flexibility index (Phi) is 15.9. The third-order valence-electron chi connectivity index (χ3n) is 12.1. The highest BCUT2D eigenvalue weighted by atomic mass is 16.7. The van der Waals surface area contributed by atoms with E-state index in [2.05, 4.69) is 10.6 Å². The predicted octanol–water partition coefficient (Wildman–Crippen LogP) is 4.36.